The molecule has 3 rings (SSSR count). The van der Waals surface area contributed by atoms with E-state index in [0.29, 0.717) is 11.6 Å². The topological polar surface area (TPSA) is 29.3 Å². The Morgan fingerprint density at radius 1 is 1.26 bits per heavy atom. The lowest BCUT2D eigenvalue weighted by atomic mass is 9.97. The summed E-state index contributed by atoms with van der Waals surface area (Å²) in [7, 11) is 0. The number of halogens is 3. The maximum Gasteiger partial charge on any atom is 0.417 e. The summed E-state index contributed by atoms with van der Waals surface area (Å²) in [6.07, 6.45) is 0.602. The number of rotatable bonds is 1. The summed E-state index contributed by atoms with van der Waals surface area (Å²) in [5, 5.41) is 3.28. The third-order valence-corrected chi connectivity index (χ3v) is 3.51. The first-order chi connectivity index (χ1) is 9.04. The van der Waals surface area contributed by atoms with Gasteiger partial charge in [0.05, 0.1) is 11.3 Å². The molecule has 1 fully saturated rings. The van der Waals surface area contributed by atoms with Gasteiger partial charge in [0, 0.05) is 24.9 Å². The second-order valence-corrected chi connectivity index (χ2v) is 4.89. The highest BCUT2D eigenvalue weighted by molar-refractivity contribution is 5.42. The number of aromatic nitrogens is 2. The predicted octanol–water partition coefficient (Wildman–Crippen LogP) is 2.82. The summed E-state index contributed by atoms with van der Waals surface area (Å²) in [6, 6.07) is 2.49. The van der Waals surface area contributed by atoms with E-state index < -0.39 is 11.7 Å². The van der Waals surface area contributed by atoms with E-state index in [2.05, 4.69) is 10.3 Å². The zero-order chi connectivity index (χ0) is 13.5. The molecule has 3 heterocycles. The number of nitrogens with zero attached hydrogens (tertiary/aromatic N) is 2. The minimum absolute atomic E-state index is 0.294. The standard InChI is InChI=1S/C13H14F3N3/c14-13(15,16)10-3-4-12-18-11(8-19(12)7-10)9-2-1-5-17-6-9/h3-4,7-9,17H,1-2,5-6H2. The van der Waals surface area contributed by atoms with Gasteiger partial charge in [0.25, 0.3) is 0 Å². The highest BCUT2D eigenvalue weighted by Crippen LogP contribution is 2.30. The molecular weight excluding hydrogens is 255 g/mol. The largest absolute Gasteiger partial charge is 0.417 e. The minimum atomic E-state index is -4.31. The number of hydrogen-bond acceptors (Lipinski definition) is 2. The molecule has 1 atom stereocenters. The van der Waals surface area contributed by atoms with E-state index >= 15 is 0 Å². The Balaban J connectivity index is 1.96. The summed E-state index contributed by atoms with van der Waals surface area (Å²) in [5.74, 6) is 0.294. The molecule has 6 heteroatoms. The molecule has 0 aromatic carbocycles. The monoisotopic (exact) mass is 269 g/mol. The Labute approximate surface area is 108 Å². The predicted molar refractivity (Wildman–Crippen MR) is 65.0 cm³/mol. The van der Waals surface area contributed by atoms with Crippen LogP contribution in [-0.4, -0.2) is 22.5 Å². The Morgan fingerprint density at radius 3 is 2.79 bits per heavy atom. The van der Waals surface area contributed by atoms with Crippen LogP contribution >= 0.6 is 0 Å². The number of alkyl halides is 3. The number of fused-ring (bicyclic) bond motifs is 1. The van der Waals surface area contributed by atoms with Crippen LogP contribution in [0.1, 0.15) is 30.0 Å². The average Bonchev–Trinajstić information content (AvgIpc) is 2.81. The number of nitrogens with one attached hydrogen (secondary N) is 1. The molecule has 2 aromatic rings. The second-order valence-electron chi connectivity index (χ2n) is 4.89. The molecule has 0 amide bonds. The molecule has 0 radical (unpaired) electrons. The van der Waals surface area contributed by atoms with Gasteiger partial charge in [-0.2, -0.15) is 13.2 Å². The fourth-order valence-corrected chi connectivity index (χ4v) is 2.48. The van der Waals surface area contributed by atoms with Crippen LogP contribution in [-0.2, 0) is 6.18 Å². The molecule has 1 aliphatic heterocycles. The van der Waals surface area contributed by atoms with Crippen LogP contribution in [0.15, 0.2) is 24.5 Å². The zero-order valence-corrected chi connectivity index (χ0v) is 10.2. The zero-order valence-electron chi connectivity index (χ0n) is 10.2. The third-order valence-electron chi connectivity index (χ3n) is 3.51. The highest BCUT2D eigenvalue weighted by Gasteiger charge is 2.31. The van der Waals surface area contributed by atoms with E-state index in [1.54, 1.807) is 6.20 Å². The smallest absolute Gasteiger partial charge is 0.316 e. The number of pyridine rings is 1. The minimum Gasteiger partial charge on any atom is -0.316 e. The van der Waals surface area contributed by atoms with Crippen molar-refractivity contribution in [2.75, 3.05) is 13.1 Å². The summed E-state index contributed by atoms with van der Waals surface area (Å²) in [5.41, 5.74) is 0.783. The lowest BCUT2D eigenvalue weighted by molar-refractivity contribution is -0.137. The maximum atomic E-state index is 12.6. The quantitative estimate of drug-likeness (QED) is 0.862. The van der Waals surface area contributed by atoms with Crippen molar-refractivity contribution in [3.63, 3.8) is 0 Å². The third kappa shape index (κ3) is 2.45. The Hall–Kier alpha value is -1.56. The van der Waals surface area contributed by atoms with Crippen LogP contribution in [0.4, 0.5) is 13.2 Å². The Kier molecular flexibility index (Phi) is 2.97. The van der Waals surface area contributed by atoms with Crippen LogP contribution in [0.25, 0.3) is 5.65 Å². The molecule has 0 saturated carbocycles. The van der Waals surface area contributed by atoms with Gasteiger partial charge in [-0.3, -0.25) is 0 Å². The van der Waals surface area contributed by atoms with Crippen molar-refractivity contribution < 1.29 is 13.2 Å². The van der Waals surface area contributed by atoms with E-state index in [4.69, 9.17) is 0 Å². The van der Waals surface area contributed by atoms with Gasteiger partial charge < -0.3 is 9.72 Å². The van der Waals surface area contributed by atoms with E-state index in [1.165, 1.54) is 10.5 Å². The average molecular weight is 269 g/mol. The van der Waals surface area contributed by atoms with Gasteiger partial charge >= 0.3 is 6.18 Å². The van der Waals surface area contributed by atoms with Crippen LogP contribution < -0.4 is 5.32 Å². The molecule has 0 spiro atoms. The lowest BCUT2D eigenvalue weighted by Gasteiger charge is -2.20. The van der Waals surface area contributed by atoms with Crippen molar-refractivity contribution in [2.45, 2.75) is 24.9 Å². The lowest BCUT2D eigenvalue weighted by Crippen LogP contribution is -2.28. The summed E-state index contributed by atoms with van der Waals surface area (Å²) < 4.78 is 39.4. The van der Waals surface area contributed by atoms with Gasteiger partial charge in [-0.25, -0.2) is 4.98 Å². The van der Waals surface area contributed by atoms with Gasteiger partial charge in [-0.1, -0.05) is 0 Å². The van der Waals surface area contributed by atoms with E-state index in [9.17, 15) is 13.2 Å². The van der Waals surface area contributed by atoms with Gasteiger partial charge in [-0.05, 0) is 31.5 Å². The molecule has 2 aromatic heterocycles. The van der Waals surface area contributed by atoms with Crippen LogP contribution in [0.3, 0.4) is 0 Å². The van der Waals surface area contributed by atoms with Crippen LogP contribution in [0.2, 0.25) is 0 Å². The SMILES string of the molecule is FC(F)(F)c1ccc2nc(C3CCCNC3)cn2c1. The Bertz CT molecular complexity index is 582. The van der Waals surface area contributed by atoms with Gasteiger partial charge in [-0.15, -0.1) is 0 Å². The first-order valence-electron chi connectivity index (χ1n) is 6.30. The fraction of sp³-hybridized carbons (Fsp3) is 0.462. The van der Waals surface area contributed by atoms with Crippen molar-refractivity contribution in [2.24, 2.45) is 0 Å². The van der Waals surface area contributed by atoms with Gasteiger partial charge in [0.2, 0.25) is 0 Å². The fourth-order valence-electron chi connectivity index (χ4n) is 2.48. The maximum absolute atomic E-state index is 12.6. The van der Waals surface area contributed by atoms with Gasteiger partial charge in [0.1, 0.15) is 5.65 Å². The second kappa shape index (κ2) is 4.52. The van der Waals surface area contributed by atoms with Crippen LogP contribution in [0, 0.1) is 0 Å². The first kappa shape index (κ1) is 12.5. The molecule has 0 bridgehead atoms. The van der Waals surface area contributed by atoms with Crippen molar-refractivity contribution >= 4 is 5.65 Å². The van der Waals surface area contributed by atoms with Crippen molar-refractivity contribution in [1.82, 2.24) is 14.7 Å². The molecule has 1 aliphatic rings. The molecule has 1 saturated heterocycles. The van der Waals surface area contributed by atoms with Gasteiger partial charge in [0.15, 0.2) is 0 Å². The molecule has 1 N–H and O–H groups in total. The summed E-state index contributed by atoms with van der Waals surface area (Å²) in [4.78, 5) is 4.42. The molecule has 1 unspecified atom stereocenters. The molecule has 3 nitrogen and oxygen atoms in total. The van der Waals surface area contributed by atoms with E-state index in [0.717, 1.165) is 43.9 Å². The first-order valence-corrected chi connectivity index (χ1v) is 6.30. The number of piperidine rings is 1. The molecule has 102 valence electrons. The normalized spacial score (nSPS) is 20.9. The van der Waals surface area contributed by atoms with Crippen molar-refractivity contribution in [1.29, 1.82) is 0 Å². The van der Waals surface area contributed by atoms with E-state index in [-0.39, 0.29) is 0 Å². The highest BCUT2D eigenvalue weighted by atomic mass is 19.4. The Morgan fingerprint density at radius 2 is 2.11 bits per heavy atom. The molecular formula is C13H14F3N3. The van der Waals surface area contributed by atoms with Crippen LogP contribution in [0.5, 0.6) is 0 Å². The number of hydrogen-bond donors (Lipinski definition) is 1. The van der Waals surface area contributed by atoms with E-state index in [1.807, 2.05) is 0 Å². The summed E-state index contributed by atoms with van der Waals surface area (Å²) in [6.45, 7) is 1.85. The van der Waals surface area contributed by atoms with Crippen molar-refractivity contribution in [3.05, 3.63) is 35.8 Å². The molecule has 19 heavy (non-hydrogen) atoms. The number of imidazole rings is 1. The van der Waals surface area contributed by atoms with Crippen molar-refractivity contribution in [3.8, 4) is 0 Å². The molecule has 0 aliphatic carbocycles. The summed E-state index contributed by atoms with van der Waals surface area (Å²) >= 11 is 0.